The first kappa shape index (κ1) is 16.6. The van der Waals surface area contributed by atoms with Gasteiger partial charge in [-0.2, -0.15) is 8.78 Å². The van der Waals surface area contributed by atoms with Crippen LogP contribution in [0.1, 0.15) is 34.9 Å². The third kappa shape index (κ3) is 2.94. The molecule has 4 rings (SSSR count). The number of hydrogen-bond acceptors (Lipinski definition) is 4. The monoisotopic (exact) mass is 360 g/mol. The second-order valence-electron chi connectivity index (χ2n) is 6.32. The van der Waals surface area contributed by atoms with Gasteiger partial charge in [0.05, 0.1) is 12.7 Å². The minimum Gasteiger partial charge on any atom is -0.493 e. The minimum atomic E-state index is -2.96. The molecule has 1 atom stereocenters. The van der Waals surface area contributed by atoms with Gasteiger partial charge in [0.25, 0.3) is 5.91 Å². The van der Waals surface area contributed by atoms with E-state index in [1.807, 2.05) is 18.2 Å². The normalized spacial score (nSPS) is 19.2. The van der Waals surface area contributed by atoms with E-state index in [-0.39, 0.29) is 23.4 Å². The van der Waals surface area contributed by atoms with Crippen LogP contribution in [0.15, 0.2) is 42.5 Å². The molecule has 1 saturated carbocycles. The molecule has 2 aromatic carbocycles. The van der Waals surface area contributed by atoms with E-state index < -0.39 is 12.8 Å². The number of nitrogens with one attached hydrogen (secondary N) is 1. The number of benzene rings is 2. The van der Waals surface area contributed by atoms with Crippen LogP contribution in [-0.2, 0) is 0 Å². The van der Waals surface area contributed by atoms with Crippen molar-refractivity contribution in [1.29, 1.82) is 0 Å². The van der Waals surface area contributed by atoms with Crippen LogP contribution in [0.3, 0.4) is 0 Å². The molecular formula is C19H18F2N2O3. The van der Waals surface area contributed by atoms with Crippen LogP contribution in [0.25, 0.3) is 0 Å². The summed E-state index contributed by atoms with van der Waals surface area (Å²) in [5, 5.41) is 3.35. The van der Waals surface area contributed by atoms with Gasteiger partial charge in [-0.05, 0) is 42.7 Å². The molecule has 2 aliphatic rings. The van der Waals surface area contributed by atoms with Crippen molar-refractivity contribution in [1.82, 2.24) is 4.90 Å². The number of carbonyl (C=O) groups is 1. The maximum Gasteiger partial charge on any atom is 0.387 e. The smallest absolute Gasteiger partial charge is 0.387 e. The zero-order valence-corrected chi connectivity index (χ0v) is 14.1. The number of anilines is 1. The Morgan fingerprint density at radius 1 is 1.15 bits per heavy atom. The number of rotatable bonds is 5. The Kier molecular flexibility index (Phi) is 4.14. The number of methoxy groups -OCH3 is 1. The van der Waals surface area contributed by atoms with E-state index in [0.717, 1.165) is 18.5 Å². The van der Waals surface area contributed by atoms with Crippen molar-refractivity contribution in [3.8, 4) is 11.5 Å². The quantitative estimate of drug-likeness (QED) is 0.875. The van der Waals surface area contributed by atoms with Crippen LogP contribution < -0.4 is 14.8 Å². The molecule has 1 aliphatic heterocycles. The van der Waals surface area contributed by atoms with Gasteiger partial charge < -0.3 is 19.7 Å². The first-order chi connectivity index (χ1) is 12.6. The predicted octanol–water partition coefficient (Wildman–Crippen LogP) is 4.03. The van der Waals surface area contributed by atoms with Crippen molar-refractivity contribution >= 4 is 11.6 Å². The minimum absolute atomic E-state index is 0.0520. The summed E-state index contributed by atoms with van der Waals surface area (Å²) in [6.45, 7) is -2.96. The molecule has 0 unspecified atom stereocenters. The Morgan fingerprint density at radius 2 is 1.92 bits per heavy atom. The first-order valence-corrected chi connectivity index (χ1v) is 8.39. The molecule has 0 spiro atoms. The van der Waals surface area contributed by atoms with Gasteiger partial charge in [-0.3, -0.25) is 4.79 Å². The highest BCUT2D eigenvalue weighted by Gasteiger charge is 2.42. The van der Waals surface area contributed by atoms with E-state index in [1.165, 1.54) is 13.2 Å². The third-order valence-electron chi connectivity index (χ3n) is 4.62. The molecule has 2 aromatic rings. The third-order valence-corrected chi connectivity index (χ3v) is 4.62. The summed E-state index contributed by atoms with van der Waals surface area (Å²) in [6.07, 6.45) is 1.42. The van der Waals surface area contributed by atoms with Gasteiger partial charge in [-0.15, -0.1) is 0 Å². The summed E-state index contributed by atoms with van der Waals surface area (Å²) >= 11 is 0. The van der Waals surface area contributed by atoms with Gasteiger partial charge >= 0.3 is 6.61 Å². The molecule has 1 heterocycles. The molecule has 1 aliphatic carbocycles. The fourth-order valence-electron chi connectivity index (χ4n) is 3.29. The van der Waals surface area contributed by atoms with Crippen molar-refractivity contribution < 1.29 is 23.0 Å². The number of para-hydroxylation sites is 1. The Bertz CT molecular complexity index is 839. The molecule has 7 heteroatoms. The fraction of sp³-hybridized carbons (Fsp3) is 0.316. The molecule has 136 valence electrons. The molecule has 5 nitrogen and oxygen atoms in total. The molecule has 0 saturated heterocycles. The van der Waals surface area contributed by atoms with Crippen molar-refractivity contribution in [2.45, 2.75) is 31.7 Å². The second kappa shape index (κ2) is 6.48. The van der Waals surface area contributed by atoms with Crippen molar-refractivity contribution in [3.05, 3.63) is 53.6 Å². The number of nitrogens with zero attached hydrogens (tertiary/aromatic N) is 1. The highest BCUT2D eigenvalue weighted by molar-refractivity contribution is 6.02. The van der Waals surface area contributed by atoms with Crippen LogP contribution in [-0.4, -0.2) is 30.6 Å². The molecule has 0 bridgehead atoms. The molecule has 1 N–H and O–H groups in total. The average molecular weight is 360 g/mol. The summed E-state index contributed by atoms with van der Waals surface area (Å²) in [6, 6.07) is 12.3. The van der Waals surface area contributed by atoms with Crippen molar-refractivity contribution in [3.63, 3.8) is 0 Å². The van der Waals surface area contributed by atoms with Gasteiger partial charge in [-0.25, -0.2) is 0 Å². The number of ether oxygens (including phenoxy) is 2. The number of fused-ring (bicyclic) bond motifs is 1. The molecule has 0 aromatic heterocycles. The SMILES string of the molecule is COc1ccc([C@H]2Nc3ccccc3C(=O)N2C2CC2)cc1OC(F)F. The zero-order chi connectivity index (χ0) is 18.3. The van der Waals surface area contributed by atoms with Gasteiger partial charge in [-0.1, -0.05) is 18.2 Å². The Labute approximate surface area is 149 Å². The standard InChI is InChI=1S/C19H18F2N2O3/c1-25-15-9-6-11(10-16(15)26-19(20)21)17-22-14-5-3-2-4-13(14)18(24)23(17)12-7-8-12/h2-6,9-10,12,17,19,22H,7-8H2,1H3/t17-/m0/s1. The lowest BCUT2D eigenvalue weighted by Crippen LogP contribution is -2.44. The van der Waals surface area contributed by atoms with Crippen molar-refractivity contribution in [2.75, 3.05) is 12.4 Å². The highest BCUT2D eigenvalue weighted by atomic mass is 19.3. The van der Waals surface area contributed by atoms with E-state index in [9.17, 15) is 13.6 Å². The largest absolute Gasteiger partial charge is 0.493 e. The Balaban J connectivity index is 1.75. The number of halogens is 2. The number of carbonyl (C=O) groups excluding carboxylic acids is 1. The molecular weight excluding hydrogens is 342 g/mol. The van der Waals surface area contributed by atoms with Crippen molar-refractivity contribution in [2.24, 2.45) is 0 Å². The van der Waals surface area contributed by atoms with Gasteiger partial charge in [0.15, 0.2) is 11.5 Å². The number of hydrogen-bond donors (Lipinski definition) is 1. The van der Waals surface area contributed by atoms with Crippen LogP contribution in [0, 0.1) is 0 Å². The van der Waals surface area contributed by atoms with E-state index in [4.69, 9.17) is 4.74 Å². The van der Waals surface area contributed by atoms with Crippen LogP contribution >= 0.6 is 0 Å². The lowest BCUT2D eigenvalue weighted by Gasteiger charge is -2.38. The van der Waals surface area contributed by atoms with Crippen LogP contribution in [0.5, 0.6) is 11.5 Å². The van der Waals surface area contributed by atoms with E-state index in [0.29, 0.717) is 11.1 Å². The highest BCUT2D eigenvalue weighted by Crippen LogP contribution is 2.42. The zero-order valence-electron chi connectivity index (χ0n) is 14.1. The van der Waals surface area contributed by atoms with Crippen LogP contribution in [0.2, 0.25) is 0 Å². The fourth-order valence-corrected chi connectivity index (χ4v) is 3.29. The van der Waals surface area contributed by atoms with E-state index >= 15 is 0 Å². The Hall–Kier alpha value is -2.83. The number of amides is 1. The Morgan fingerprint density at radius 3 is 2.62 bits per heavy atom. The summed E-state index contributed by atoms with van der Waals surface area (Å²) in [7, 11) is 1.39. The maximum atomic E-state index is 13.0. The lowest BCUT2D eigenvalue weighted by molar-refractivity contribution is -0.0513. The van der Waals surface area contributed by atoms with Crippen LogP contribution in [0.4, 0.5) is 14.5 Å². The predicted molar refractivity (Wildman–Crippen MR) is 91.6 cm³/mol. The first-order valence-electron chi connectivity index (χ1n) is 8.39. The maximum absolute atomic E-state index is 13.0. The number of alkyl halides is 2. The molecule has 1 amide bonds. The molecule has 26 heavy (non-hydrogen) atoms. The summed E-state index contributed by atoms with van der Waals surface area (Å²) in [5.41, 5.74) is 2.01. The van der Waals surface area contributed by atoms with Gasteiger partial charge in [0.1, 0.15) is 6.17 Å². The van der Waals surface area contributed by atoms with E-state index in [2.05, 4.69) is 10.1 Å². The average Bonchev–Trinajstić information content (AvgIpc) is 3.46. The molecule has 0 radical (unpaired) electrons. The molecule has 1 fully saturated rings. The summed E-state index contributed by atoms with van der Waals surface area (Å²) in [4.78, 5) is 14.8. The van der Waals surface area contributed by atoms with Gasteiger partial charge in [0, 0.05) is 11.7 Å². The second-order valence-corrected chi connectivity index (χ2v) is 6.32. The lowest BCUT2D eigenvalue weighted by atomic mass is 10.0. The van der Waals surface area contributed by atoms with Gasteiger partial charge in [0.2, 0.25) is 0 Å². The van der Waals surface area contributed by atoms with E-state index in [1.54, 1.807) is 23.1 Å². The topological polar surface area (TPSA) is 50.8 Å². The summed E-state index contributed by atoms with van der Waals surface area (Å²) in [5.74, 6) is 0.109. The summed E-state index contributed by atoms with van der Waals surface area (Å²) < 4.78 is 35.1.